The molecule has 1 fully saturated rings. The minimum atomic E-state index is -0.518. The number of aromatic nitrogens is 1. The summed E-state index contributed by atoms with van der Waals surface area (Å²) in [6.45, 7) is 9.02. The maximum absolute atomic E-state index is 12.6. The van der Waals surface area contributed by atoms with Gasteiger partial charge in [0.25, 0.3) is 0 Å². The van der Waals surface area contributed by atoms with Gasteiger partial charge in [-0.1, -0.05) is 23.7 Å². The van der Waals surface area contributed by atoms with Crippen LogP contribution in [-0.2, 0) is 14.3 Å². The Balaban J connectivity index is 1.69. The van der Waals surface area contributed by atoms with Crippen LogP contribution in [-0.4, -0.2) is 47.2 Å². The number of rotatable bonds is 4. The molecule has 1 aliphatic carbocycles. The van der Waals surface area contributed by atoms with E-state index in [9.17, 15) is 9.59 Å². The van der Waals surface area contributed by atoms with Gasteiger partial charge < -0.3 is 14.4 Å². The van der Waals surface area contributed by atoms with E-state index in [0.29, 0.717) is 24.7 Å². The zero-order valence-electron chi connectivity index (χ0n) is 21.3. The van der Waals surface area contributed by atoms with Crippen molar-refractivity contribution in [3.05, 3.63) is 76.1 Å². The lowest BCUT2D eigenvalue weighted by Crippen LogP contribution is -2.42. The number of esters is 1. The van der Waals surface area contributed by atoms with Gasteiger partial charge in [-0.05, 0) is 93.5 Å². The first-order chi connectivity index (χ1) is 17.2. The van der Waals surface area contributed by atoms with E-state index in [1.165, 1.54) is 6.08 Å². The molecule has 0 radical (unpaired) electrons. The smallest absolute Gasteiger partial charge is 0.410 e. The quantitative estimate of drug-likeness (QED) is 0.349. The Bertz CT molecular complexity index is 1190. The number of benzene rings is 1. The largest absolute Gasteiger partial charge is 0.463 e. The van der Waals surface area contributed by atoms with Crippen LogP contribution in [0.2, 0.25) is 5.02 Å². The highest BCUT2D eigenvalue weighted by Gasteiger charge is 2.36. The van der Waals surface area contributed by atoms with Crippen LogP contribution < -0.4 is 0 Å². The Labute approximate surface area is 217 Å². The number of allylic oxidation sites excluding steroid dienone is 2. The molecule has 1 atom stereocenters. The summed E-state index contributed by atoms with van der Waals surface area (Å²) >= 11 is 6.40. The zero-order chi connectivity index (χ0) is 25.9. The first kappa shape index (κ1) is 26.0. The van der Waals surface area contributed by atoms with Gasteiger partial charge in [0.05, 0.1) is 12.3 Å². The average molecular weight is 509 g/mol. The van der Waals surface area contributed by atoms with Crippen LogP contribution in [0, 0.1) is 5.92 Å². The molecule has 0 saturated carbocycles. The first-order valence-electron chi connectivity index (χ1n) is 12.5. The molecule has 1 aliphatic heterocycles. The van der Waals surface area contributed by atoms with Crippen LogP contribution >= 0.6 is 11.6 Å². The summed E-state index contributed by atoms with van der Waals surface area (Å²) in [4.78, 5) is 31.3. The van der Waals surface area contributed by atoms with Crippen molar-refractivity contribution in [1.29, 1.82) is 0 Å². The number of carbonyl (C=O) groups is 2. The van der Waals surface area contributed by atoms with E-state index >= 15 is 0 Å². The van der Waals surface area contributed by atoms with Gasteiger partial charge in [0.15, 0.2) is 0 Å². The van der Waals surface area contributed by atoms with E-state index < -0.39 is 5.60 Å². The highest BCUT2D eigenvalue weighted by Crippen LogP contribution is 2.45. The second kappa shape index (κ2) is 10.9. The van der Waals surface area contributed by atoms with Crippen LogP contribution in [0.3, 0.4) is 0 Å². The summed E-state index contributed by atoms with van der Waals surface area (Å²) in [5.74, 6) is -0.0801. The van der Waals surface area contributed by atoms with E-state index in [1.807, 2.05) is 51.2 Å². The van der Waals surface area contributed by atoms with Crippen molar-refractivity contribution < 1.29 is 19.1 Å². The fraction of sp³-hybridized carbons (Fsp3) is 0.414. The molecule has 190 valence electrons. The lowest BCUT2D eigenvalue weighted by Gasteiger charge is -2.37. The molecule has 1 aromatic heterocycles. The van der Waals surface area contributed by atoms with Gasteiger partial charge in [-0.2, -0.15) is 0 Å². The van der Waals surface area contributed by atoms with Crippen LogP contribution in [0.4, 0.5) is 4.79 Å². The maximum Gasteiger partial charge on any atom is 0.410 e. The highest BCUT2D eigenvalue weighted by atomic mass is 35.5. The minimum absolute atomic E-state index is 0.0268. The van der Waals surface area contributed by atoms with Crippen LogP contribution in [0.5, 0.6) is 0 Å². The molecule has 0 spiro atoms. The standard InChI is InChI=1S/C29H33ClN2O4/c1-5-35-25(33)11-8-20-17-21-18-22(30)9-10-23(21)26(27-24(20)7-6-14-31-27)19-12-15-32(16-13-19)28(34)36-29(2,3)4/h6-11,14,17-19,26H,5,12-13,15-16H2,1-4H3. The van der Waals surface area contributed by atoms with E-state index in [1.54, 1.807) is 17.9 Å². The number of carbonyl (C=O) groups excluding carboxylic acids is 2. The summed E-state index contributed by atoms with van der Waals surface area (Å²) in [5.41, 5.74) is 4.45. The topological polar surface area (TPSA) is 68.7 Å². The number of ether oxygens (including phenoxy) is 2. The lowest BCUT2D eigenvalue weighted by atomic mass is 9.76. The highest BCUT2D eigenvalue weighted by molar-refractivity contribution is 6.30. The summed E-state index contributed by atoms with van der Waals surface area (Å²) in [7, 11) is 0. The molecule has 0 bridgehead atoms. The molecule has 0 N–H and O–H groups in total. The van der Waals surface area contributed by atoms with E-state index in [2.05, 4.69) is 12.1 Å². The maximum atomic E-state index is 12.6. The number of hydrogen-bond donors (Lipinski definition) is 0. The normalized spacial score (nSPS) is 18.2. The van der Waals surface area contributed by atoms with Gasteiger partial charge in [-0.15, -0.1) is 0 Å². The molecule has 2 aromatic rings. The fourth-order valence-corrected chi connectivity index (χ4v) is 5.14. The fourth-order valence-electron chi connectivity index (χ4n) is 4.96. The molecule has 2 aliphatic rings. The molecule has 6 nitrogen and oxygen atoms in total. The summed E-state index contributed by atoms with van der Waals surface area (Å²) in [6.07, 6.45) is 8.52. The van der Waals surface area contributed by atoms with Crippen LogP contribution in [0.25, 0.3) is 11.6 Å². The molecular formula is C29H33ClN2O4. The van der Waals surface area contributed by atoms with E-state index in [-0.39, 0.29) is 23.9 Å². The predicted molar refractivity (Wildman–Crippen MR) is 142 cm³/mol. The Morgan fingerprint density at radius 3 is 2.64 bits per heavy atom. The number of pyridine rings is 1. The molecular weight excluding hydrogens is 476 g/mol. The number of fused-ring (bicyclic) bond motifs is 2. The second-order valence-electron chi connectivity index (χ2n) is 10.2. The number of piperidine rings is 1. The number of nitrogens with zero attached hydrogens (tertiary/aromatic N) is 2. The molecule has 4 rings (SSSR count). The Morgan fingerprint density at radius 2 is 1.94 bits per heavy atom. The predicted octanol–water partition coefficient (Wildman–Crippen LogP) is 6.49. The monoisotopic (exact) mass is 508 g/mol. The minimum Gasteiger partial charge on any atom is -0.463 e. The summed E-state index contributed by atoms with van der Waals surface area (Å²) in [6, 6.07) is 9.91. The molecule has 2 heterocycles. The summed E-state index contributed by atoms with van der Waals surface area (Å²) < 4.78 is 10.7. The van der Waals surface area contributed by atoms with Crippen molar-refractivity contribution in [3.8, 4) is 0 Å². The van der Waals surface area contributed by atoms with Crippen molar-refractivity contribution in [2.75, 3.05) is 19.7 Å². The van der Waals surface area contributed by atoms with Gasteiger partial charge in [0, 0.05) is 41.9 Å². The molecule has 1 amide bonds. The van der Waals surface area contributed by atoms with Gasteiger partial charge in [-0.3, -0.25) is 4.98 Å². The van der Waals surface area contributed by atoms with E-state index in [4.69, 9.17) is 26.1 Å². The third-order valence-corrected chi connectivity index (χ3v) is 6.72. The molecule has 1 unspecified atom stereocenters. The van der Waals surface area contributed by atoms with E-state index in [0.717, 1.165) is 40.8 Å². The second-order valence-corrected chi connectivity index (χ2v) is 10.6. The Hall–Kier alpha value is -3.12. The number of hydrogen-bond acceptors (Lipinski definition) is 5. The third-order valence-electron chi connectivity index (χ3n) is 6.49. The zero-order valence-corrected chi connectivity index (χ0v) is 22.0. The molecule has 1 saturated heterocycles. The number of likely N-dealkylation sites (tertiary alicyclic amines) is 1. The Kier molecular flexibility index (Phi) is 7.84. The SMILES string of the molecule is CCOC(=O)C=CC1=Cc2cc(Cl)ccc2C(C2CCN(C(=O)OC(C)(C)C)CC2)c2ncccc21. The van der Waals surface area contributed by atoms with Crippen LogP contribution in [0.15, 0.2) is 48.7 Å². The van der Waals surface area contributed by atoms with Gasteiger partial charge in [0.1, 0.15) is 5.60 Å². The molecule has 36 heavy (non-hydrogen) atoms. The van der Waals surface area contributed by atoms with Gasteiger partial charge >= 0.3 is 12.1 Å². The average Bonchev–Trinajstić information content (AvgIpc) is 2.96. The van der Waals surface area contributed by atoms with Crippen molar-refractivity contribution in [2.45, 2.75) is 52.1 Å². The summed E-state index contributed by atoms with van der Waals surface area (Å²) in [5, 5.41) is 0.649. The third kappa shape index (κ3) is 5.98. The number of halogens is 1. The van der Waals surface area contributed by atoms with Crippen molar-refractivity contribution >= 4 is 35.3 Å². The first-order valence-corrected chi connectivity index (χ1v) is 12.8. The van der Waals surface area contributed by atoms with Gasteiger partial charge in [0.2, 0.25) is 0 Å². The van der Waals surface area contributed by atoms with Gasteiger partial charge in [-0.25, -0.2) is 9.59 Å². The van der Waals surface area contributed by atoms with Crippen LogP contribution in [0.1, 0.15) is 68.8 Å². The van der Waals surface area contributed by atoms with Crippen molar-refractivity contribution in [2.24, 2.45) is 5.92 Å². The molecule has 7 heteroatoms. The molecule has 1 aromatic carbocycles. The van der Waals surface area contributed by atoms with Crippen molar-refractivity contribution in [3.63, 3.8) is 0 Å². The lowest BCUT2D eigenvalue weighted by molar-refractivity contribution is -0.137. The van der Waals surface area contributed by atoms with Crippen molar-refractivity contribution in [1.82, 2.24) is 9.88 Å². The Morgan fingerprint density at radius 1 is 1.19 bits per heavy atom. The number of amides is 1.